The molecule has 0 spiro atoms. The quantitative estimate of drug-likeness (QED) is 0.363. The Balaban J connectivity index is 3.36. The van der Waals surface area contributed by atoms with Crippen LogP contribution in [0.2, 0.25) is 0 Å². The van der Waals surface area contributed by atoms with Crippen LogP contribution < -0.4 is 0 Å². The number of hydrogen-bond acceptors (Lipinski definition) is 5. The summed E-state index contributed by atoms with van der Waals surface area (Å²) in [5.41, 5.74) is -0.873. The first-order valence-corrected chi connectivity index (χ1v) is 4.23. The highest BCUT2D eigenvalue weighted by molar-refractivity contribution is 6.17. The second kappa shape index (κ2) is 4.43. The minimum Gasteiger partial charge on any atom is -0.507 e. The number of nitrogens with zero attached hydrogens (tertiary/aromatic N) is 1. The Hall–Kier alpha value is -2.37. The van der Waals surface area contributed by atoms with E-state index in [1.807, 2.05) is 0 Å². The summed E-state index contributed by atoms with van der Waals surface area (Å²) >= 11 is 0. The van der Waals surface area contributed by atoms with Gasteiger partial charge in [-0.2, -0.15) is 0 Å². The Labute approximate surface area is 90.9 Å². The number of esters is 1. The lowest BCUT2D eigenvalue weighted by Crippen LogP contribution is -2.05. The molecule has 0 unspecified atom stereocenters. The van der Waals surface area contributed by atoms with E-state index in [4.69, 9.17) is 0 Å². The van der Waals surface area contributed by atoms with E-state index in [9.17, 15) is 20.0 Å². The molecule has 1 rings (SSSR count). The number of carbonyl (C=O) groups is 1. The van der Waals surface area contributed by atoms with Crippen molar-refractivity contribution in [1.82, 2.24) is 0 Å². The first kappa shape index (κ1) is 11.7. The van der Waals surface area contributed by atoms with E-state index in [-0.39, 0.29) is 16.9 Å². The summed E-state index contributed by atoms with van der Waals surface area (Å²) in [7, 11) is 1.12. The lowest BCUT2D eigenvalue weighted by atomic mass is 10.0. The fraction of sp³-hybridized carbons (Fsp3) is 0.100. The van der Waals surface area contributed by atoms with Crippen LogP contribution in [0.15, 0.2) is 24.8 Å². The van der Waals surface area contributed by atoms with E-state index in [2.05, 4.69) is 11.3 Å². The topological polar surface area (TPSA) is 89.7 Å². The first-order chi connectivity index (χ1) is 7.49. The second-order valence-electron chi connectivity index (χ2n) is 2.90. The minimum absolute atomic E-state index is 0.223. The summed E-state index contributed by atoms with van der Waals surface area (Å²) in [5.74, 6) is -1.21. The summed E-state index contributed by atoms with van der Waals surface area (Å²) < 4.78 is 4.38. The SMILES string of the molecule is C=C(C(=O)OC)c1c(O)cccc1[N+](=O)[O-]. The van der Waals surface area contributed by atoms with Crippen LogP contribution in [0.1, 0.15) is 5.56 Å². The van der Waals surface area contributed by atoms with Gasteiger partial charge in [-0.15, -0.1) is 0 Å². The third-order valence-corrected chi connectivity index (χ3v) is 1.95. The van der Waals surface area contributed by atoms with Crippen LogP contribution in [0, 0.1) is 10.1 Å². The molecule has 0 bridgehead atoms. The maximum absolute atomic E-state index is 11.2. The van der Waals surface area contributed by atoms with Crippen LogP contribution in [0.5, 0.6) is 5.75 Å². The predicted molar refractivity (Wildman–Crippen MR) is 55.8 cm³/mol. The normalized spacial score (nSPS) is 9.56. The fourth-order valence-electron chi connectivity index (χ4n) is 1.21. The Morgan fingerprint density at radius 2 is 2.19 bits per heavy atom. The Morgan fingerprint density at radius 1 is 1.56 bits per heavy atom. The summed E-state index contributed by atoms with van der Waals surface area (Å²) in [6.07, 6.45) is 0. The number of aromatic hydroxyl groups is 1. The van der Waals surface area contributed by atoms with Crippen molar-refractivity contribution >= 4 is 17.2 Å². The molecule has 0 aliphatic rings. The number of phenolic OH excluding ortho intramolecular Hbond substituents is 1. The van der Waals surface area contributed by atoms with Crippen LogP contribution in [0.25, 0.3) is 5.57 Å². The van der Waals surface area contributed by atoms with Gasteiger partial charge >= 0.3 is 5.97 Å². The van der Waals surface area contributed by atoms with Gasteiger partial charge in [0, 0.05) is 6.07 Å². The monoisotopic (exact) mass is 223 g/mol. The van der Waals surface area contributed by atoms with Crippen LogP contribution in [-0.4, -0.2) is 23.1 Å². The molecule has 16 heavy (non-hydrogen) atoms. The van der Waals surface area contributed by atoms with Gasteiger partial charge in [0.2, 0.25) is 0 Å². The molecule has 0 saturated heterocycles. The Morgan fingerprint density at radius 3 is 2.69 bits per heavy atom. The van der Waals surface area contributed by atoms with E-state index in [0.717, 1.165) is 7.11 Å². The Kier molecular flexibility index (Phi) is 3.24. The van der Waals surface area contributed by atoms with Gasteiger partial charge < -0.3 is 9.84 Å². The molecule has 6 heteroatoms. The van der Waals surface area contributed by atoms with Crippen LogP contribution in [0.4, 0.5) is 5.69 Å². The third-order valence-electron chi connectivity index (χ3n) is 1.95. The van der Waals surface area contributed by atoms with Crippen LogP contribution >= 0.6 is 0 Å². The van der Waals surface area contributed by atoms with Crippen molar-refractivity contribution in [2.75, 3.05) is 7.11 Å². The summed E-state index contributed by atoms with van der Waals surface area (Å²) in [4.78, 5) is 21.2. The van der Waals surface area contributed by atoms with Crippen molar-refractivity contribution in [3.63, 3.8) is 0 Å². The van der Waals surface area contributed by atoms with Crippen LogP contribution in [-0.2, 0) is 9.53 Å². The molecule has 6 nitrogen and oxygen atoms in total. The van der Waals surface area contributed by atoms with Gasteiger partial charge in [0.15, 0.2) is 0 Å². The zero-order chi connectivity index (χ0) is 12.3. The van der Waals surface area contributed by atoms with Crippen molar-refractivity contribution in [3.05, 3.63) is 40.5 Å². The number of hydrogen-bond donors (Lipinski definition) is 1. The van der Waals surface area contributed by atoms with Crippen molar-refractivity contribution in [2.45, 2.75) is 0 Å². The molecule has 0 saturated carbocycles. The van der Waals surface area contributed by atoms with Crippen molar-refractivity contribution < 1.29 is 19.6 Å². The molecule has 0 radical (unpaired) electrons. The summed E-state index contributed by atoms with van der Waals surface area (Å²) in [6, 6.07) is 3.71. The smallest absolute Gasteiger partial charge is 0.338 e. The zero-order valence-electron chi connectivity index (χ0n) is 8.47. The van der Waals surface area contributed by atoms with Gasteiger partial charge in [-0.05, 0) is 6.07 Å². The molecule has 0 fully saturated rings. The van der Waals surface area contributed by atoms with E-state index >= 15 is 0 Å². The molecule has 0 heterocycles. The van der Waals surface area contributed by atoms with Crippen LogP contribution in [0.3, 0.4) is 0 Å². The molecule has 1 N–H and O–H groups in total. The van der Waals surface area contributed by atoms with Crippen molar-refractivity contribution in [1.29, 1.82) is 0 Å². The van der Waals surface area contributed by atoms with Crippen molar-refractivity contribution in [2.24, 2.45) is 0 Å². The number of phenols is 1. The molecule has 1 aromatic carbocycles. The number of nitro benzene ring substituents is 1. The molecule has 0 atom stereocenters. The van der Waals surface area contributed by atoms with Gasteiger partial charge in [-0.25, -0.2) is 4.79 Å². The number of nitro groups is 1. The first-order valence-electron chi connectivity index (χ1n) is 4.23. The van der Waals surface area contributed by atoms with E-state index in [0.29, 0.717) is 0 Å². The molecular formula is C10H9NO5. The van der Waals surface area contributed by atoms with E-state index < -0.39 is 16.6 Å². The molecular weight excluding hydrogens is 214 g/mol. The van der Waals surface area contributed by atoms with Gasteiger partial charge in [0.25, 0.3) is 5.69 Å². The van der Waals surface area contributed by atoms with Gasteiger partial charge in [0.1, 0.15) is 11.3 Å². The van der Waals surface area contributed by atoms with Gasteiger partial charge in [0.05, 0.1) is 17.6 Å². The van der Waals surface area contributed by atoms with Crippen molar-refractivity contribution in [3.8, 4) is 5.75 Å². The zero-order valence-corrected chi connectivity index (χ0v) is 8.47. The number of methoxy groups -OCH3 is 1. The molecule has 0 aliphatic carbocycles. The predicted octanol–water partition coefficient (Wildman–Crippen LogP) is 1.49. The highest BCUT2D eigenvalue weighted by atomic mass is 16.6. The second-order valence-corrected chi connectivity index (χ2v) is 2.90. The number of benzene rings is 1. The maximum Gasteiger partial charge on any atom is 0.338 e. The number of carbonyl (C=O) groups excluding carboxylic acids is 1. The number of rotatable bonds is 3. The fourth-order valence-corrected chi connectivity index (χ4v) is 1.21. The standard InChI is InChI=1S/C10H9NO5/c1-6(10(13)16-2)9-7(11(14)15)4-3-5-8(9)12/h3-5,12H,1H2,2H3. The molecule has 84 valence electrons. The third kappa shape index (κ3) is 2.00. The van der Waals surface area contributed by atoms with Gasteiger partial charge in [-0.3, -0.25) is 10.1 Å². The lowest BCUT2D eigenvalue weighted by Gasteiger charge is -2.06. The number of ether oxygens (including phenoxy) is 1. The maximum atomic E-state index is 11.2. The van der Waals surface area contributed by atoms with E-state index in [1.54, 1.807) is 0 Å². The largest absolute Gasteiger partial charge is 0.507 e. The summed E-state index contributed by atoms with van der Waals surface area (Å²) in [5, 5.41) is 20.2. The lowest BCUT2D eigenvalue weighted by molar-refractivity contribution is -0.385. The molecule has 0 aliphatic heterocycles. The van der Waals surface area contributed by atoms with Gasteiger partial charge in [-0.1, -0.05) is 12.6 Å². The highest BCUT2D eigenvalue weighted by Gasteiger charge is 2.24. The average Bonchev–Trinajstić information content (AvgIpc) is 2.26. The molecule has 0 aromatic heterocycles. The molecule has 1 aromatic rings. The molecule has 0 amide bonds. The highest BCUT2D eigenvalue weighted by Crippen LogP contribution is 2.33. The summed E-state index contributed by atoms with van der Waals surface area (Å²) in [6.45, 7) is 3.36. The minimum atomic E-state index is -0.829. The Bertz CT molecular complexity index is 466. The van der Waals surface area contributed by atoms with E-state index in [1.165, 1.54) is 18.2 Å². The average molecular weight is 223 g/mol.